The van der Waals surface area contributed by atoms with Gasteiger partial charge >= 0.3 is 0 Å². The van der Waals surface area contributed by atoms with Crippen LogP contribution in [0.1, 0.15) is 85.3 Å². The Morgan fingerprint density at radius 3 is 1.48 bits per heavy atom. The number of hydrogen-bond acceptors (Lipinski definition) is 3. The van der Waals surface area contributed by atoms with Crippen LogP contribution >= 0.6 is 0 Å². The minimum Gasteiger partial charge on any atom is -0.446 e. The first-order valence-corrected chi connectivity index (χ1v) is 11.8. The summed E-state index contributed by atoms with van der Waals surface area (Å²) in [7, 11) is 0. The van der Waals surface area contributed by atoms with Crippen LogP contribution in [0, 0.1) is 22.7 Å². The van der Waals surface area contributed by atoms with E-state index < -0.39 is 0 Å². The second-order valence-electron chi connectivity index (χ2n) is 11.0. The molecular formula is C24H30N2O3. The lowest BCUT2D eigenvalue weighted by Gasteiger charge is -2.62. The largest absolute Gasteiger partial charge is 0.446 e. The average molecular weight is 395 g/mol. The van der Waals surface area contributed by atoms with E-state index in [0.29, 0.717) is 46.3 Å². The lowest BCUT2D eigenvalue weighted by molar-refractivity contribution is -0.113. The van der Waals surface area contributed by atoms with Crippen LogP contribution < -0.4 is 0 Å². The molecule has 4 saturated carbocycles. The highest BCUT2D eigenvalue weighted by Gasteiger charge is 2.63. The van der Waals surface area contributed by atoms with E-state index in [4.69, 9.17) is 4.42 Å². The highest BCUT2D eigenvalue weighted by atomic mass is 16.4. The summed E-state index contributed by atoms with van der Waals surface area (Å²) in [6.45, 7) is 1.77. The number of rotatable bonds is 4. The Hall–Kier alpha value is -1.78. The second kappa shape index (κ2) is 5.47. The number of likely N-dealkylation sites (tertiary alicyclic amines) is 2. The molecule has 3 heterocycles. The Balaban J connectivity index is 1.08. The summed E-state index contributed by atoms with van der Waals surface area (Å²) in [5.41, 5.74) is 0.822. The van der Waals surface area contributed by atoms with E-state index >= 15 is 0 Å². The van der Waals surface area contributed by atoms with Crippen molar-refractivity contribution >= 4 is 11.8 Å². The molecule has 2 atom stereocenters. The van der Waals surface area contributed by atoms with E-state index in [1.165, 1.54) is 64.2 Å². The van der Waals surface area contributed by atoms with Crippen molar-refractivity contribution in [1.82, 2.24) is 9.80 Å². The van der Waals surface area contributed by atoms with Gasteiger partial charge in [-0.15, -0.1) is 0 Å². The minimum atomic E-state index is -0.00343. The molecule has 6 aliphatic rings. The maximum atomic E-state index is 13.1. The molecule has 1 aromatic heterocycles. The third-order valence-electron chi connectivity index (χ3n) is 9.28. The van der Waals surface area contributed by atoms with Gasteiger partial charge in [-0.1, -0.05) is 12.8 Å². The van der Waals surface area contributed by atoms with Gasteiger partial charge in [0.05, 0.1) is 0 Å². The topological polar surface area (TPSA) is 53.8 Å². The molecule has 0 aromatic carbocycles. The van der Waals surface area contributed by atoms with Gasteiger partial charge in [-0.05, 0) is 75.3 Å². The summed E-state index contributed by atoms with van der Waals surface area (Å²) in [4.78, 5) is 30.4. The molecule has 2 aliphatic heterocycles. The molecule has 154 valence electrons. The van der Waals surface area contributed by atoms with Gasteiger partial charge in [-0.2, -0.15) is 0 Å². The Bertz CT molecular complexity index is 817. The lowest BCUT2D eigenvalue weighted by atomic mass is 9.56. The van der Waals surface area contributed by atoms with Crippen LogP contribution in [0.3, 0.4) is 0 Å². The smallest absolute Gasteiger partial charge is 0.289 e. The number of furan rings is 1. The molecule has 6 fully saturated rings. The zero-order valence-electron chi connectivity index (χ0n) is 17.1. The van der Waals surface area contributed by atoms with Crippen molar-refractivity contribution in [3.63, 3.8) is 0 Å². The number of amides is 2. The zero-order valence-corrected chi connectivity index (χ0v) is 17.1. The first kappa shape index (κ1) is 17.0. The van der Waals surface area contributed by atoms with Crippen molar-refractivity contribution in [2.24, 2.45) is 22.7 Å². The molecule has 2 saturated heterocycles. The molecule has 0 bridgehead atoms. The molecule has 2 spiro atoms. The molecule has 4 aliphatic carbocycles. The summed E-state index contributed by atoms with van der Waals surface area (Å²) in [5.74, 6) is 2.10. The van der Waals surface area contributed by atoms with Gasteiger partial charge in [0.15, 0.2) is 11.5 Å². The van der Waals surface area contributed by atoms with E-state index in [1.54, 1.807) is 12.1 Å². The first-order chi connectivity index (χ1) is 14.1. The van der Waals surface area contributed by atoms with Gasteiger partial charge < -0.3 is 14.2 Å². The number of nitrogens with zero attached hydrogens (tertiary/aromatic N) is 2. The van der Waals surface area contributed by atoms with Crippen molar-refractivity contribution in [2.75, 3.05) is 13.1 Å². The monoisotopic (exact) mass is 394 g/mol. The number of hydrogen-bond donors (Lipinski definition) is 0. The fourth-order valence-electron chi connectivity index (χ4n) is 7.25. The quantitative estimate of drug-likeness (QED) is 0.773. The van der Waals surface area contributed by atoms with Crippen molar-refractivity contribution < 1.29 is 14.0 Å². The molecule has 0 N–H and O–H groups in total. The van der Waals surface area contributed by atoms with Crippen LogP contribution in [0.5, 0.6) is 0 Å². The predicted octanol–water partition coefficient (Wildman–Crippen LogP) is 4.09. The molecule has 1 aromatic rings. The second-order valence-corrected chi connectivity index (χ2v) is 11.0. The van der Waals surface area contributed by atoms with Crippen LogP contribution in [0.4, 0.5) is 0 Å². The third-order valence-corrected chi connectivity index (χ3v) is 9.28. The third kappa shape index (κ3) is 2.22. The van der Waals surface area contributed by atoms with Crippen molar-refractivity contribution in [1.29, 1.82) is 0 Å². The van der Waals surface area contributed by atoms with Gasteiger partial charge in [0.1, 0.15) is 0 Å². The van der Waals surface area contributed by atoms with Gasteiger partial charge in [-0.3, -0.25) is 9.59 Å². The van der Waals surface area contributed by atoms with E-state index in [-0.39, 0.29) is 11.8 Å². The van der Waals surface area contributed by atoms with Gasteiger partial charge in [0.25, 0.3) is 11.8 Å². The Kier molecular flexibility index (Phi) is 3.20. The summed E-state index contributed by atoms with van der Waals surface area (Å²) in [6.07, 6.45) is 12.8. The van der Waals surface area contributed by atoms with Gasteiger partial charge in [-0.25, -0.2) is 0 Å². The van der Waals surface area contributed by atoms with Crippen LogP contribution in [0.2, 0.25) is 0 Å². The molecular weight excluding hydrogens is 364 g/mol. The van der Waals surface area contributed by atoms with E-state index in [1.807, 2.05) is 9.80 Å². The van der Waals surface area contributed by atoms with E-state index in [2.05, 4.69) is 0 Å². The van der Waals surface area contributed by atoms with Gasteiger partial charge in [0, 0.05) is 36.0 Å². The van der Waals surface area contributed by atoms with E-state index in [0.717, 1.165) is 13.1 Å². The standard InChI is InChI=1S/C24H30N2O3/c27-21(25-13-23(9-1-10-23)19(25)15-3-4-15)17-7-8-18(29-17)22(28)26-14-24(11-2-12-24)20(26)16-5-6-16/h7-8,15-16,19-20H,1-6,9-14H2. The maximum Gasteiger partial charge on any atom is 0.289 e. The summed E-state index contributed by atoms with van der Waals surface area (Å²) in [6, 6.07) is 4.30. The van der Waals surface area contributed by atoms with Crippen LogP contribution in [-0.4, -0.2) is 46.8 Å². The molecule has 5 heteroatoms. The van der Waals surface area contributed by atoms with Crippen molar-refractivity contribution in [3.8, 4) is 0 Å². The zero-order chi connectivity index (χ0) is 19.4. The SMILES string of the molecule is O=C(c1ccc(C(=O)N2CC3(CCC3)C2C2CC2)o1)N1CC2(CCC2)C1C1CC1. The summed E-state index contributed by atoms with van der Waals surface area (Å²) >= 11 is 0. The molecule has 29 heavy (non-hydrogen) atoms. The average Bonchev–Trinajstić information content (AvgIpc) is 3.51. The van der Waals surface area contributed by atoms with Crippen LogP contribution in [-0.2, 0) is 0 Å². The minimum absolute atomic E-state index is 0.00343. The fraction of sp³-hybridized carbons (Fsp3) is 0.750. The maximum absolute atomic E-state index is 13.1. The fourth-order valence-corrected chi connectivity index (χ4v) is 7.25. The number of carbonyl (C=O) groups excluding carboxylic acids is 2. The number of carbonyl (C=O) groups is 2. The van der Waals surface area contributed by atoms with Crippen molar-refractivity contribution in [3.05, 3.63) is 23.7 Å². The van der Waals surface area contributed by atoms with E-state index in [9.17, 15) is 9.59 Å². The summed E-state index contributed by atoms with van der Waals surface area (Å²) in [5, 5.41) is 0. The molecule has 7 rings (SSSR count). The Labute approximate surface area is 171 Å². The first-order valence-electron chi connectivity index (χ1n) is 11.8. The van der Waals surface area contributed by atoms with Crippen molar-refractivity contribution in [2.45, 2.75) is 76.3 Å². The molecule has 0 radical (unpaired) electrons. The van der Waals surface area contributed by atoms with Gasteiger partial charge in [0.2, 0.25) is 0 Å². The lowest BCUT2D eigenvalue weighted by Crippen LogP contribution is -2.69. The Morgan fingerprint density at radius 1 is 0.759 bits per heavy atom. The highest BCUT2D eigenvalue weighted by molar-refractivity contribution is 5.96. The predicted molar refractivity (Wildman–Crippen MR) is 106 cm³/mol. The van der Waals surface area contributed by atoms with Crippen LogP contribution in [0.25, 0.3) is 0 Å². The molecule has 2 amide bonds. The highest BCUT2D eigenvalue weighted by Crippen LogP contribution is 2.61. The molecule has 5 nitrogen and oxygen atoms in total. The molecule has 2 unspecified atom stereocenters. The Morgan fingerprint density at radius 2 is 1.17 bits per heavy atom. The normalized spacial score (nSPS) is 33.7. The van der Waals surface area contributed by atoms with Crippen LogP contribution in [0.15, 0.2) is 16.5 Å². The summed E-state index contributed by atoms with van der Waals surface area (Å²) < 4.78 is 5.88.